The number of hydrazine groups is 1. The van der Waals surface area contributed by atoms with E-state index < -0.39 is 11.7 Å². The first kappa shape index (κ1) is 16.7. The van der Waals surface area contributed by atoms with Gasteiger partial charge in [0, 0.05) is 12.5 Å². The quantitative estimate of drug-likeness (QED) is 0.394. The number of rotatable bonds is 5. The van der Waals surface area contributed by atoms with Crippen molar-refractivity contribution in [3.8, 4) is 0 Å². The van der Waals surface area contributed by atoms with Crippen molar-refractivity contribution >= 4 is 12.0 Å². The van der Waals surface area contributed by atoms with E-state index in [2.05, 4.69) is 10.7 Å². The minimum Gasteiger partial charge on any atom is -0.444 e. The Balaban J connectivity index is 4.39. The van der Waals surface area contributed by atoms with Crippen LogP contribution in [0.3, 0.4) is 0 Å². The van der Waals surface area contributed by atoms with Gasteiger partial charge < -0.3 is 10.1 Å². The molecule has 0 aliphatic heterocycles. The van der Waals surface area contributed by atoms with Gasteiger partial charge in [0.2, 0.25) is 5.91 Å². The van der Waals surface area contributed by atoms with E-state index in [0.717, 1.165) is 0 Å². The van der Waals surface area contributed by atoms with Crippen molar-refractivity contribution in [2.24, 2.45) is 11.8 Å². The summed E-state index contributed by atoms with van der Waals surface area (Å²) < 4.78 is 5.15. The molecular formula is C12H25N3O3. The summed E-state index contributed by atoms with van der Waals surface area (Å²) in [5.74, 6) is 5.09. The molecule has 1 atom stereocenters. The number of nitrogens with two attached hydrogens (primary N) is 1. The number of ether oxygens (including phenoxy) is 1. The molecule has 2 amide bonds. The summed E-state index contributed by atoms with van der Waals surface area (Å²) in [7, 11) is 0. The predicted octanol–water partition coefficient (Wildman–Crippen LogP) is 1.31. The first-order valence-corrected chi connectivity index (χ1v) is 6.13. The Morgan fingerprint density at radius 2 is 1.83 bits per heavy atom. The van der Waals surface area contributed by atoms with Gasteiger partial charge in [-0.2, -0.15) is 0 Å². The number of amides is 2. The lowest BCUT2D eigenvalue weighted by atomic mass is 10.0. The summed E-state index contributed by atoms with van der Waals surface area (Å²) in [6.45, 7) is 9.40. The topological polar surface area (TPSA) is 93.5 Å². The fraction of sp³-hybridized carbons (Fsp3) is 0.833. The SMILES string of the molecule is CC(C)C[C@@H](CC(=O)NN)NC(=O)OC(C)(C)C. The first-order chi connectivity index (χ1) is 8.14. The van der Waals surface area contributed by atoms with Gasteiger partial charge in [-0.1, -0.05) is 13.8 Å². The average Bonchev–Trinajstić information content (AvgIpc) is 2.12. The summed E-state index contributed by atoms with van der Waals surface area (Å²) in [6, 6.07) is -0.275. The second kappa shape index (κ2) is 7.20. The number of carbonyl (C=O) groups is 2. The third-order valence-corrected chi connectivity index (χ3v) is 2.07. The van der Waals surface area contributed by atoms with Crippen molar-refractivity contribution in [2.75, 3.05) is 0 Å². The first-order valence-electron chi connectivity index (χ1n) is 6.13. The van der Waals surface area contributed by atoms with Gasteiger partial charge in [-0.3, -0.25) is 10.2 Å². The Labute approximate surface area is 109 Å². The lowest BCUT2D eigenvalue weighted by Gasteiger charge is -2.24. The standard InChI is InChI=1S/C12H25N3O3/c1-8(2)6-9(7-10(16)15-13)14-11(17)18-12(3,4)5/h8-9H,6-7,13H2,1-5H3,(H,14,17)(H,15,16)/t9-/m0/s1. The third-order valence-electron chi connectivity index (χ3n) is 2.07. The Kier molecular flexibility index (Phi) is 6.68. The van der Waals surface area contributed by atoms with E-state index in [0.29, 0.717) is 12.3 Å². The Morgan fingerprint density at radius 1 is 1.28 bits per heavy atom. The smallest absolute Gasteiger partial charge is 0.407 e. The van der Waals surface area contributed by atoms with Crippen LogP contribution in [0.25, 0.3) is 0 Å². The molecule has 0 fully saturated rings. The van der Waals surface area contributed by atoms with Gasteiger partial charge in [0.1, 0.15) is 5.60 Å². The maximum absolute atomic E-state index is 11.6. The van der Waals surface area contributed by atoms with Crippen LogP contribution in [0.4, 0.5) is 4.79 Å². The summed E-state index contributed by atoms with van der Waals surface area (Å²) in [5, 5.41) is 2.69. The minimum absolute atomic E-state index is 0.147. The molecule has 0 aromatic carbocycles. The molecule has 0 radical (unpaired) electrons. The summed E-state index contributed by atoms with van der Waals surface area (Å²) in [5.41, 5.74) is 1.51. The van der Waals surface area contributed by atoms with E-state index >= 15 is 0 Å². The van der Waals surface area contributed by atoms with E-state index in [4.69, 9.17) is 10.6 Å². The van der Waals surface area contributed by atoms with Crippen molar-refractivity contribution in [1.82, 2.24) is 10.7 Å². The lowest BCUT2D eigenvalue weighted by Crippen LogP contribution is -2.43. The Bertz CT molecular complexity index is 285. The van der Waals surface area contributed by atoms with E-state index in [1.165, 1.54) is 0 Å². The van der Waals surface area contributed by atoms with Gasteiger partial charge in [-0.15, -0.1) is 0 Å². The van der Waals surface area contributed by atoms with Crippen LogP contribution in [-0.2, 0) is 9.53 Å². The zero-order valence-electron chi connectivity index (χ0n) is 11.9. The fourth-order valence-corrected chi connectivity index (χ4v) is 1.52. The van der Waals surface area contributed by atoms with E-state index in [1.807, 2.05) is 13.8 Å². The van der Waals surface area contributed by atoms with Crippen LogP contribution in [0.5, 0.6) is 0 Å². The maximum atomic E-state index is 11.6. The molecule has 4 N–H and O–H groups in total. The Hall–Kier alpha value is -1.30. The number of carbonyl (C=O) groups excluding carboxylic acids is 2. The Morgan fingerprint density at radius 3 is 2.22 bits per heavy atom. The van der Waals surface area contributed by atoms with Crippen molar-refractivity contribution in [2.45, 2.75) is 59.1 Å². The van der Waals surface area contributed by atoms with E-state index in [-0.39, 0.29) is 18.4 Å². The van der Waals surface area contributed by atoms with Gasteiger partial charge in [0.15, 0.2) is 0 Å². The van der Waals surface area contributed by atoms with Gasteiger partial charge >= 0.3 is 6.09 Å². The molecule has 0 unspecified atom stereocenters. The molecule has 0 bridgehead atoms. The van der Waals surface area contributed by atoms with Crippen LogP contribution in [0, 0.1) is 5.92 Å². The molecule has 0 aromatic rings. The predicted molar refractivity (Wildman–Crippen MR) is 69.6 cm³/mol. The molecular weight excluding hydrogens is 234 g/mol. The number of alkyl carbamates (subject to hydrolysis) is 1. The highest BCUT2D eigenvalue weighted by Crippen LogP contribution is 2.11. The zero-order valence-corrected chi connectivity index (χ0v) is 11.9. The molecule has 18 heavy (non-hydrogen) atoms. The van der Waals surface area contributed by atoms with Gasteiger partial charge in [-0.25, -0.2) is 10.6 Å². The van der Waals surface area contributed by atoms with Crippen LogP contribution in [0.15, 0.2) is 0 Å². The summed E-state index contributed by atoms with van der Waals surface area (Å²) in [4.78, 5) is 22.9. The second-order valence-electron chi connectivity index (χ2n) is 5.74. The van der Waals surface area contributed by atoms with Crippen molar-refractivity contribution in [3.63, 3.8) is 0 Å². The maximum Gasteiger partial charge on any atom is 0.407 e. The largest absolute Gasteiger partial charge is 0.444 e. The molecule has 6 nitrogen and oxygen atoms in total. The summed E-state index contributed by atoms with van der Waals surface area (Å²) >= 11 is 0. The lowest BCUT2D eigenvalue weighted by molar-refractivity contribution is -0.121. The fourth-order valence-electron chi connectivity index (χ4n) is 1.52. The summed E-state index contributed by atoms with van der Waals surface area (Å²) in [6.07, 6.45) is 0.318. The zero-order chi connectivity index (χ0) is 14.3. The van der Waals surface area contributed by atoms with Crippen LogP contribution in [0.2, 0.25) is 0 Å². The second-order valence-corrected chi connectivity index (χ2v) is 5.74. The molecule has 6 heteroatoms. The van der Waals surface area contributed by atoms with Crippen molar-refractivity contribution < 1.29 is 14.3 Å². The molecule has 0 aliphatic carbocycles. The number of hydrogen-bond acceptors (Lipinski definition) is 4. The van der Waals surface area contributed by atoms with E-state index in [9.17, 15) is 9.59 Å². The molecule has 0 aromatic heterocycles. The van der Waals surface area contributed by atoms with Gasteiger partial charge in [0.25, 0.3) is 0 Å². The highest BCUT2D eigenvalue weighted by molar-refractivity contribution is 5.77. The monoisotopic (exact) mass is 259 g/mol. The molecule has 0 saturated heterocycles. The van der Waals surface area contributed by atoms with E-state index in [1.54, 1.807) is 20.8 Å². The highest BCUT2D eigenvalue weighted by Gasteiger charge is 2.21. The molecule has 0 heterocycles. The van der Waals surface area contributed by atoms with Gasteiger partial charge in [-0.05, 0) is 33.1 Å². The van der Waals surface area contributed by atoms with Crippen LogP contribution in [0.1, 0.15) is 47.5 Å². The van der Waals surface area contributed by atoms with Crippen molar-refractivity contribution in [3.05, 3.63) is 0 Å². The van der Waals surface area contributed by atoms with Crippen LogP contribution >= 0.6 is 0 Å². The molecule has 0 rings (SSSR count). The minimum atomic E-state index is -0.553. The number of hydrogen-bond donors (Lipinski definition) is 3. The van der Waals surface area contributed by atoms with Crippen LogP contribution < -0.4 is 16.6 Å². The van der Waals surface area contributed by atoms with Crippen molar-refractivity contribution in [1.29, 1.82) is 0 Å². The highest BCUT2D eigenvalue weighted by atomic mass is 16.6. The average molecular weight is 259 g/mol. The molecule has 106 valence electrons. The molecule has 0 saturated carbocycles. The molecule has 0 aliphatic rings. The normalized spacial score (nSPS) is 13.1. The molecule has 0 spiro atoms. The van der Waals surface area contributed by atoms with Gasteiger partial charge in [0.05, 0.1) is 0 Å². The number of nitrogens with one attached hydrogen (secondary N) is 2. The van der Waals surface area contributed by atoms with Crippen LogP contribution in [-0.4, -0.2) is 23.6 Å². The third kappa shape index (κ3) is 8.81.